The van der Waals surface area contributed by atoms with Crippen molar-refractivity contribution >= 4 is 23.5 Å². The number of imide groups is 1. The molecule has 8 heteroatoms. The fourth-order valence-electron chi connectivity index (χ4n) is 2.32. The highest BCUT2D eigenvalue weighted by Gasteiger charge is 2.48. The van der Waals surface area contributed by atoms with Crippen LogP contribution >= 0.6 is 0 Å². The van der Waals surface area contributed by atoms with Crippen molar-refractivity contribution in [2.75, 3.05) is 32.7 Å². The molecular formula is C15H19N3O5. The first-order valence-corrected chi connectivity index (χ1v) is 6.96. The highest BCUT2D eigenvalue weighted by atomic mass is 16.5. The second-order valence-corrected chi connectivity index (χ2v) is 5.37. The summed E-state index contributed by atoms with van der Waals surface area (Å²) in [7, 11) is 2.95. The Morgan fingerprint density at radius 1 is 1.35 bits per heavy atom. The van der Waals surface area contributed by atoms with Crippen molar-refractivity contribution in [1.82, 2.24) is 10.2 Å². The molecule has 0 aliphatic carbocycles. The maximum absolute atomic E-state index is 12.3. The van der Waals surface area contributed by atoms with Crippen molar-refractivity contribution in [2.24, 2.45) is 0 Å². The van der Waals surface area contributed by atoms with E-state index in [1.807, 2.05) is 0 Å². The minimum Gasteiger partial charge on any atom is -0.497 e. The second-order valence-electron chi connectivity index (χ2n) is 5.37. The zero-order valence-corrected chi connectivity index (χ0v) is 13.2. The number of carbonyl (C=O) groups excluding carboxylic acids is 3. The van der Waals surface area contributed by atoms with Crippen LogP contribution in [-0.4, -0.2) is 55.7 Å². The summed E-state index contributed by atoms with van der Waals surface area (Å²) in [5.41, 5.74) is -0.636. The number of amides is 4. The molecule has 0 unspecified atom stereocenters. The maximum atomic E-state index is 12.3. The van der Waals surface area contributed by atoms with Gasteiger partial charge in [-0.15, -0.1) is 0 Å². The molecule has 0 saturated carbocycles. The zero-order chi connectivity index (χ0) is 17.0. The molecule has 1 aromatic rings. The van der Waals surface area contributed by atoms with E-state index in [9.17, 15) is 14.4 Å². The number of carbonyl (C=O) groups is 3. The Balaban J connectivity index is 2.02. The smallest absolute Gasteiger partial charge is 0.325 e. The lowest BCUT2D eigenvalue weighted by Crippen LogP contribution is -2.48. The molecule has 0 spiro atoms. The molecule has 0 radical (unpaired) electrons. The first-order valence-electron chi connectivity index (χ1n) is 6.96. The number of hydrogen-bond acceptors (Lipinski definition) is 5. The summed E-state index contributed by atoms with van der Waals surface area (Å²) >= 11 is 0. The topological polar surface area (TPSA) is 97.0 Å². The van der Waals surface area contributed by atoms with E-state index in [2.05, 4.69) is 10.6 Å². The normalized spacial score (nSPS) is 20.4. The highest BCUT2D eigenvalue weighted by Crippen LogP contribution is 2.19. The lowest BCUT2D eigenvalue weighted by Gasteiger charge is -2.20. The molecule has 2 rings (SSSR count). The molecule has 4 amide bonds. The van der Waals surface area contributed by atoms with Crippen LogP contribution in [0.15, 0.2) is 24.3 Å². The number of methoxy groups -OCH3 is 2. The molecule has 8 nitrogen and oxygen atoms in total. The van der Waals surface area contributed by atoms with Gasteiger partial charge in [-0.25, -0.2) is 4.79 Å². The van der Waals surface area contributed by atoms with Crippen molar-refractivity contribution < 1.29 is 23.9 Å². The van der Waals surface area contributed by atoms with Crippen LogP contribution in [0.5, 0.6) is 5.75 Å². The van der Waals surface area contributed by atoms with Crippen molar-refractivity contribution in [2.45, 2.75) is 12.5 Å². The van der Waals surface area contributed by atoms with Crippen LogP contribution in [0, 0.1) is 0 Å². The molecule has 1 heterocycles. The van der Waals surface area contributed by atoms with Crippen LogP contribution in [0.4, 0.5) is 10.5 Å². The number of nitrogens with zero attached hydrogens (tertiary/aromatic N) is 1. The molecule has 0 bridgehead atoms. The monoisotopic (exact) mass is 321 g/mol. The van der Waals surface area contributed by atoms with E-state index in [4.69, 9.17) is 9.47 Å². The summed E-state index contributed by atoms with van der Waals surface area (Å²) in [6, 6.07) is 6.16. The third-order valence-corrected chi connectivity index (χ3v) is 3.43. The number of nitrogens with one attached hydrogen (secondary N) is 2. The Hall–Kier alpha value is -2.61. The summed E-state index contributed by atoms with van der Waals surface area (Å²) in [5, 5.41) is 5.15. The Morgan fingerprint density at radius 3 is 2.74 bits per heavy atom. The predicted octanol–water partition coefficient (Wildman–Crippen LogP) is 0.591. The molecule has 1 fully saturated rings. The van der Waals surface area contributed by atoms with E-state index in [0.717, 1.165) is 4.90 Å². The zero-order valence-electron chi connectivity index (χ0n) is 13.2. The van der Waals surface area contributed by atoms with Crippen molar-refractivity contribution in [1.29, 1.82) is 0 Å². The summed E-state index contributed by atoms with van der Waals surface area (Å²) in [5.74, 6) is -0.390. The maximum Gasteiger partial charge on any atom is 0.325 e. The lowest BCUT2D eigenvalue weighted by molar-refractivity contribution is -0.134. The number of rotatable bonds is 6. The Kier molecular flexibility index (Phi) is 4.85. The molecule has 1 atom stereocenters. The van der Waals surface area contributed by atoms with Gasteiger partial charge in [0.1, 0.15) is 17.8 Å². The number of ether oxygens (including phenoxy) is 2. The average Bonchev–Trinajstić information content (AvgIpc) is 2.71. The molecule has 1 saturated heterocycles. The fourth-order valence-corrected chi connectivity index (χ4v) is 2.32. The molecule has 1 aromatic carbocycles. The van der Waals surface area contributed by atoms with Gasteiger partial charge in [0.25, 0.3) is 5.91 Å². The van der Waals surface area contributed by atoms with E-state index in [1.165, 1.54) is 14.2 Å². The van der Waals surface area contributed by atoms with Gasteiger partial charge in [-0.2, -0.15) is 0 Å². The van der Waals surface area contributed by atoms with E-state index in [0.29, 0.717) is 11.4 Å². The van der Waals surface area contributed by atoms with Crippen LogP contribution in [-0.2, 0) is 14.3 Å². The van der Waals surface area contributed by atoms with E-state index in [1.54, 1.807) is 31.2 Å². The van der Waals surface area contributed by atoms with Gasteiger partial charge in [0, 0.05) is 18.9 Å². The Bertz CT molecular complexity index is 633. The third kappa shape index (κ3) is 3.59. The van der Waals surface area contributed by atoms with E-state index in [-0.39, 0.29) is 13.2 Å². The fraction of sp³-hybridized carbons (Fsp3) is 0.400. The van der Waals surface area contributed by atoms with Crippen LogP contribution in [0.1, 0.15) is 6.92 Å². The number of hydrogen-bond donors (Lipinski definition) is 2. The van der Waals surface area contributed by atoms with Crippen LogP contribution in [0.25, 0.3) is 0 Å². The SMILES string of the molecule is COC[C@@]1(C)NC(=O)N(CC(=O)Nc2cccc(OC)c2)C1=O. The van der Waals surface area contributed by atoms with Gasteiger partial charge >= 0.3 is 6.03 Å². The summed E-state index contributed by atoms with van der Waals surface area (Å²) in [6.45, 7) is 1.21. The highest BCUT2D eigenvalue weighted by molar-refractivity contribution is 6.10. The molecule has 124 valence electrons. The van der Waals surface area contributed by atoms with Gasteiger partial charge in [0.05, 0.1) is 13.7 Å². The largest absolute Gasteiger partial charge is 0.497 e. The molecule has 23 heavy (non-hydrogen) atoms. The average molecular weight is 321 g/mol. The minimum absolute atomic E-state index is 0.0333. The Morgan fingerprint density at radius 2 is 2.09 bits per heavy atom. The minimum atomic E-state index is -1.15. The van der Waals surface area contributed by atoms with Gasteiger partial charge in [0.2, 0.25) is 5.91 Å². The quantitative estimate of drug-likeness (QED) is 0.748. The lowest BCUT2D eigenvalue weighted by atomic mass is 10.0. The summed E-state index contributed by atoms with van der Waals surface area (Å²) in [4.78, 5) is 37.1. The van der Waals surface area contributed by atoms with Crippen molar-refractivity contribution in [3.8, 4) is 5.75 Å². The van der Waals surface area contributed by atoms with Gasteiger partial charge in [-0.05, 0) is 19.1 Å². The van der Waals surface area contributed by atoms with Gasteiger partial charge in [0.15, 0.2) is 0 Å². The molecule has 2 N–H and O–H groups in total. The van der Waals surface area contributed by atoms with E-state index >= 15 is 0 Å². The Labute approximate surface area is 133 Å². The predicted molar refractivity (Wildman–Crippen MR) is 82.1 cm³/mol. The third-order valence-electron chi connectivity index (χ3n) is 3.43. The van der Waals surface area contributed by atoms with Crippen molar-refractivity contribution in [3.63, 3.8) is 0 Å². The molecule has 1 aliphatic rings. The summed E-state index contributed by atoms with van der Waals surface area (Å²) in [6.07, 6.45) is 0. The number of urea groups is 1. The van der Waals surface area contributed by atoms with E-state index < -0.39 is 23.4 Å². The van der Waals surface area contributed by atoms with Crippen LogP contribution in [0.2, 0.25) is 0 Å². The van der Waals surface area contributed by atoms with Gasteiger partial charge < -0.3 is 20.1 Å². The van der Waals surface area contributed by atoms with Gasteiger partial charge in [-0.1, -0.05) is 6.07 Å². The van der Waals surface area contributed by atoms with Crippen LogP contribution < -0.4 is 15.4 Å². The second kappa shape index (κ2) is 6.66. The van der Waals surface area contributed by atoms with Crippen molar-refractivity contribution in [3.05, 3.63) is 24.3 Å². The molecule has 0 aromatic heterocycles. The first-order chi connectivity index (χ1) is 10.9. The molecule has 1 aliphatic heterocycles. The first kappa shape index (κ1) is 16.8. The van der Waals surface area contributed by atoms with Gasteiger partial charge in [-0.3, -0.25) is 14.5 Å². The van der Waals surface area contributed by atoms with Crippen LogP contribution in [0.3, 0.4) is 0 Å². The summed E-state index contributed by atoms with van der Waals surface area (Å²) < 4.78 is 10.0. The standard InChI is InChI=1S/C15H19N3O5/c1-15(9-22-2)13(20)18(14(21)17-15)8-12(19)16-10-5-4-6-11(7-10)23-3/h4-7H,8-9H2,1-3H3,(H,16,19)(H,17,21)/t15-/m1/s1. The number of benzene rings is 1. The molecular weight excluding hydrogens is 302 g/mol. The number of anilines is 1.